The van der Waals surface area contributed by atoms with Crippen LogP contribution < -0.4 is 0 Å². The Hall–Kier alpha value is -3.93. The predicted molar refractivity (Wildman–Crippen MR) is 137 cm³/mol. The largest absolute Gasteiger partial charge is 0.356 e. The van der Waals surface area contributed by atoms with Crippen molar-refractivity contribution in [2.24, 2.45) is 0 Å². The summed E-state index contributed by atoms with van der Waals surface area (Å²) in [6.07, 6.45) is 2.66. The van der Waals surface area contributed by atoms with Crippen LogP contribution in [0.4, 0.5) is 4.39 Å². The summed E-state index contributed by atoms with van der Waals surface area (Å²) in [5.41, 5.74) is 5.41. The van der Waals surface area contributed by atoms with Gasteiger partial charge in [0.2, 0.25) is 11.8 Å². The molecule has 2 aliphatic heterocycles. The van der Waals surface area contributed by atoms with Crippen molar-refractivity contribution >= 4 is 22.7 Å². The van der Waals surface area contributed by atoms with Crippen LogP contribution in [0, 0.1) is 5.82 Å². The number of nitrogens with one attached hydrogen (secondary N) is 1. The normalized spacial score (nSPS) is 19.5. The summed E-state index contributed by atoms with van der Waals surface area (Å²) >= 11 is 0. The minimum Gasteiger partial charge on any atom is -0.356 e. The summed E-state index contributed by atoms with van der Waals surface area (Å²) in [7, 11) is 0. The highest BCUT2D eigenvalue weighted by Crippen LogP contribution is 2.41. The molecule has 182 valence electrons. The smallest absolute Gasteiger partial charge is 0.246 e. The Bertz CT molecular complexity index is 1410. The molecule has 36 heavy (non-hydrogen) atoms. The van der Waals surface area contributed by atoms with Gasteiger partial charge in [-0.15, -0.1) is 0 Å². The zero-order chi connectivity index (χ0) is 24.6. The van der Waals surface area contributed by atoms with Crippen molar-refractivity contribution in [2.45, 2.75) is 37.8 Å². The third-order valence-corrected chi connectivity index (χ3v) is 7.59. The highest BCUT2D eigenvalue weighted by atomic mass is 19.1. The third kappa shape index (κ3) is 4.06. The Kier molecular flexibility index (Phi) is 5.80. The number of rotatable bonds is 6. The monoisotopic (exact) mass is 481 g/mol. The highest BCUT2D eigenvalue weighted by molar-refractivity contribution is 5.97. The SMILES string of the molecule is O=C1[C@@H]2Cc3c([nH]c4ccccc34)C(CCc3ccccc3)N2C(=O)CN1CCc1ccc(F)cc1. The fourth-order valence-corrected chi connectivity index (χ4v) is 5.80. The minimum absolute atomic E-state index is 0.00245. The second-order valence-corrected chi connectivity index (χ2v) is 9.76. The molecule has 0 bridgehead atoms. The van der Waals surface area contributed by atoms with Crippen LogP contribution in [0.15, 0.2) is 78.9 Å². The van der Waals surface area contributed by atoms with Crippen molar-refractivity contribution < 1.29 is 14.0 Å². The van der Waals surface area contributed by atoms with Crippen molar-refractivity contribution in [3.05, 3.63) is 107 Å². The van der Waals surface area contributed by atoms with Gasteiger partial charge in [-0.3, -0.25) is 9.59 Å². The Morgan fingerprint density at radius 2 is 1.58 bits per heavy atom. The molecule has 1 unspecified atom stereocenters. The van der Waals surface area contributed by atoms with Gasteiger partial charge in [-0.1, -0.05) is 60.7 Å². The molecular formula is C30H28FN3O2. The molecule has 2 atom stereocenters. The molecule has 1 aromatic heterocycles. The number of fused-ring (bicyclic) bond motifs is 4. The zero-order valence-corrected chi connectivity index (χ0v) is 20.0. The molecule has 3 heterocycles. The molecule has 5 nitrogen and oxygen atoms in total. The number of hydrogen-bond acceptors (Lipinski definition) is 2. The third-order valence-electron chi connectivity index (χ3n) is 7.59. The first kappa shape index (κ1) is 22.5. The van der Waals surface area contributed by atoms with Crippen molar-refractivity contribution in [3.63, 3.8) is 0 Å². The van der Waals surface area contributed by atoms with E-state index < -0.39 is 6.04 Å². The first-order valence-corrected chi connectivity index (χ1v) is 12.6. The predicted octanol–water partition coefficient (Wildman–Crippen LogP) is 4.82. The zero-order valence-electron chi connectivity index (χ0n) is 20.0. The topological polar surface area (TPSA) is 56.4 Å². The van der Waals surface area contributed by atoms with E-state index in [1.54, 1.807) is 17.0 Å². The summed E-state index contributed by atoms with van der Waals surface area (Å²) in [5, 5.41) is 1.13. The van der Waals surface area contributed by atoms with E-state index in [4.69, 9.17) is 0 Å². The second-order valence-electron chi connectivity index (χ2n) is 9.76. The number of nitrogens with zero attached hydrogens (tertiary/aromatic N) is 2. The number of H-pyrrole nitrogens is 1. The van der Waals surface area contributed by atoms with E-state index in [9.17, 15) is 14.0 Å². The number of carbonyl (C=O) groups is 2. The van der Waals surface area contributed by atoms with Gasteiger partial charge in [0, 0.05) is 29.6 Å². The van der Waals surface area contributed by atoms with Crippen LogP contribution in [0.2, 0.25) is 0 Å². The van der Waals surface area contributed by atoms with Crippen LogP contribution >= 0.6 is 0 Å². The van der Waals surface area contributed by atoms with Gasteiger partial charge in [0.25, 0.3) is 0 Å². The average molecular weight is 482 g/mol. The number of aromatic amines is 1. The van der Waals surface area contributed by atoms with E-state index in [2.05, 4.69) is 29.2 Å². The molecule has 0 aliphatic carbocycles. The number of halogens is 1. The average Bonchev–Trinajstić information content (AvgIpc) is 3.28. The number of piperazine rings is 1. The molecule has 6 rings (SSSR count). The van der Waals surface area contributed by atoms with Crippen molar-refractivity contribution in [1.29, 1.82) is 0 Å². The first-order chi connectivity index (χ1) is 17.6. The van der Waals surface area contributed by atoms with Gasteiger partial charge < -0.3 is 14.8 Å². The fraction of sp³-hybridized carbons (Fsp3) is 0.267. The van der Waals surface area contributed by atoms with Crippen LogP contribution in [-0.2, 0) is 28.9 Å². The first-order valence-electron chi connectivity index (χ1n) is 12.6. The summed E-state index contributed by atoms with van der Waals surface area (Å²) in [6, 6.07) is 24.1. The van der Waals surface area contributed by atoms with Gasteiger partial charge in [0.15, 0.2) is 0 Å². The molecule has 3 aromatic carbocycles. The van der Waals surface area contributed by atoms with Crippen LogP contribution in [0.25, 0.3) is 10.9 Å². The van der Waals surface area contributed by atoms with E-state index in [1.807, 2.05) is 35.2 Å². The molecule has 1 N–H and O–H groups in total. The quantitative estimate of drug-likeness (QED) is 0.429. The van der Waals surface area contributed by atoms with E-state index >= 15 is 0 Å². The maximum Gasteiger partial charge on any atom is 0.246 e. The summed E-state index contributed by atoms with van der Waals surface area (Å²) < 4.78 is 13.3. The van der Waals surface area contributed by atoms with Crippen molar-refractivity contribution in [2.75, 3.05) is 13.1 Å². The van der Waals surface area contributed by atoms with Crippen LogP contribution in [0.1, 0.15) is 34.8 Å². The Morgan fingerprint density at radius 3 is 2.39 bits per heavy atom. The molecule has 2 amide bonds. The lowest BCUT2D eigenvalue weighted by atomic mass is 9.86. The molecule has 2 aliphatic rings. The number of benzene rings is 3. The van der Waals surface area contributed by atoms with Gasteiger partial charge in [-0.05, 0) is 54.2 Å². The number of para-hydroxylation sites is 1. The lowest BCUT2D eigenvalue weighted by molar-refractivity contribution is -0.159. The molecule has 1 fully saturated rings. The van der Waals surface area contributed by atoms with E-state index in [0.29, 0.717) is 19.4 Å². The second kappa shape index (κ2) is 9.26. The van der Waals surface area contributed by atoms with Crippen molar-refractivity contribution in [1.82, 2.24) is 14.8 Å². The Balaban J connectivity index is 1.30. The number of carbonyl (C=O) groups excluding carboxylic acids is 2. The molecule has 0 radical (unpaired) electrons. The number of amides is 2. The Morgan fingerprint density at radius 1 is 0.861 bits per heavy atom. The molecule has 0 saturated carbocycles. The van der Waals surface area contributed by atoms with Gasteiger partial charge in [-0.25, -0.2) is 4.39 Å². The highest BCUT2D eigenvalue weighted by Gasteiger charge is 2.47. The number of hydrogen-bond donors (Lipinski definition) is 1. The Labute approximate surface area is 209 Å². The van der Waals surface area contributed by atoms with Crippen molar-refractivity contribution in [3.8, 4) is 0 Å². The lowest BCUT2D eigenvalue weighted by Gasteiger charge is -2.47. The molecule has 4 aromatic rings. The number of aromatic nitrogens is 1. The standard InChI is InChI=1S/C30H28FN3O2/c31-22-13-10-21(11-14-22)16-17-33-19-28(35)34-26(15-12-20-6-2-1-3-7-20)29-24(18-27(34)30(33)36)23-8-4-5-9-25(23)32-29/h1-11,13-14,26-27,32H,12,15-19H2/t26?,27-/m0/s1. The van der Waals surface area contributed by atoms with Gasteiger partial charge in [-0.2, -0.15) is 0 Å². The lowest BCUT2D eigenvalue weighted by Crippen LogP contribution is -2.63. The van der Waals surface area contributed by atoms with Gasteiger partial charge in [0.05, 0.1) is 12.6 Å². The van der Waals surface area contributed by atoms with Crippen LogP contribution in [-0.4, -0.2) is 45.7 Å². The van der Waals surface area contributed by atoms with Gasteiger partial charge >= 0.3 is 0 Å². The number of aryl methyl sites for hydroxylation is 1. The maximum atomic E-state index is 13.7. The van der Waals surface area contributed by atoms with E-state index in [0.717, 1.165) is 40.6 Å². The molecule has 6 heteroatoms. The molecule has 0 spiro atoms. The van der Waals surface area contributed by atoms with Gasteiger partial charge in [0.1, 0.15) is 11.9 Å². The van der Waals surface area contributed by atoms with E-state index in [1.165, 1.54) is 17.7 Å². The molecular weight excluding hydrogens is 453 g/mol. The minimum atomic E-state index is -0.507. The maximum absolute atomic E-state index is 13.7. The van der Waals surface area contributed by atoms with Crippen LogP contribution in [0.5, 0.6) is 0 Å². The summed E-state index contributed by atoms with van der Waals surface area (Å²) in [4.78, 5) is 34.4. The summed E-state index contributed by atoms with van der Waals surface area (Å²) in [6.45, 7) is 0.518. The van der Waals surface area contributed by atoms with Crippen LogP contribution in [0.3, 0.4) is 0 Å². The fourth-order valence-electron chi connectivity index (χ4n) is 5.80. The molecule has 1 saturated heterocycles. The summed E-state index contributed by atoms with van der Waals surface area (Å²) in [5.74, 6) is -0.296. The van der Waals surface area contributed by atoms with E-state index in [-0.39, 0.29) is 30.2 Å².